The lowest BCUT2D eigenvalue weighted by Gasteiger charge is -2.22. The fourth-order valence-corrected chi connectivity index (χ4v) is 2.90. The molecule has 3 rings (SSSR count). The minimum absolute atomic E-state index is 0.0960. The number of nitrogens with one attached hydrogen (secondary N) is 1. The molecule has 0 aliphatic carbocycles. The molecule has 1 N–H and O–H groups in total. The highest BCUT2D eigenvalue weighted by molar-refractivity contribution is 5.99. The van der Waals surface area contributed by atoms with Crippen LogP contribution >= 0.6 is 0 Å². The van der Waals surface area contributed by atoms with Crippen molar-refractivity contribution in [1.29, 1.82) is 0 Å². The van der Waals surface area contributed by atoms with E-state index in [-0.39, 0.29) is 11.9 Å². The van der Waals surface area contributed by atoms with Gasteiger partial charge in [0, 0.05) is 17.5 Å². The maximum Gasteiger partial charge on any atom is 0.287 e. The molecule has 0 saturated heterocycles. The molecule has 0 aliphatic rings. The second-order valence-corrected chi connectivity index (χ2v) is 6.25. The van der Waals surface area contributed by atoms with Crippen LogP contribution < -0.4 is 5.32 Å². The minimum atomic E-state index is -0.181. The number of hydrogen-bond acceptors (Lipinski definition) is 3. The van der Waals surface area contributed by atoms with Gasteiger partial charge in [0.2, 0.25) is 0 Å². The van der Waals surface area contributed by atoms with Crippen molar-refractivity contribution in [3.8, 4) is 0 Å². The Morgan fingerprint density at radius 1 is 1.08 bits per heavy atom. The van der Waals surface area contributed by atoms with Crippen LogP contribution in [0.5, 0.6) is 0 Å². The van der Waals surface area contributed by atoms with E-state index in [0.29, 0.717) is 5.76 Å². The van der Waals surface area contributed by atoms with Gasteiger partial charge >= 0.3 is 0 Å². The summed E-state index contributed by atoms with van der Waals surface area (Å²) in [5, 5.41) is 4.09. The van der Waals surface area contributed by atoms with E-state index in [1.165, 1.54) is 0 Å². The zero-order valence-electron chi connectivity index (χ0n) is 14.2. The molecule has 1 heterocycles. The van der Waals surface area contributed by atoms with Crippen LogP contribution in [0.3, 0.4) is 0 Å². The van der Waals surface area contributed by atoms with E-state index in [0.717, 1.165) is 28.6 Å². The Bertz CT molecular complexity index is 837. The van der Waals surface area contributed by atoms with Gasteiger partial charge in [0.15, 0.2) is 5.76 Å². The van der Waals surface area contributed by atoms with Crippen molar-refractivity contribution in [3.05, 3.63) is 71.5 Å². The zero-order valence-corrected chi connectivity index (χ0v) is 14.2. The first-order chi connectivity index (χ1) is 11.6. The predicted molar refractivity (Wildman–Crippen MR) is 96.2 cm³/mol. The fourth-order valence-electron chi connectivity index (χ4n) is 2.90. The highest BCUT2D eigenvalue weighted by atomic mass is 16.3. The normalized spacial score (nSPS) is 12.5. The van der Waals surface area contributed by atoms with Gasteiger partial charge in [-0.25, -0.2) is 0 Å². The number of furan rings is 1. The van der Waals surface area contributed by atoms with Crippen LogP contribution in [0.15, 0.2) is 59.0 Å². The van der Waals surface area contributed by atoms with E-state index in [1.807, 2.05) is 75.6 Å². The summed E-state index contributed by atoms with van der Waals surface area (Å²) in [5.41, 5.74) is 2.69. The second-order valence-electron chi connectivity index (χ2n) is 6.25. The predicted octanol–water partition coefficient (Wildman–Crippen LogP) is 3.77. The summed E-state index contributed by atoms with van der Waals surface area (Å²) in [5.74, 6) is 0.204. The van der Waals surface area contributed by atoms with Gasteiger partial charge in [0.05, 0.1) is 6.04 Å². The molecular weight excluding hydrogens is 300 g/mol. The van der Waals surface area contributed by atoms with Crippen molar-refractivity contribution in [2.75, 3.05) is 20.6 Å². The number of aryl methyl sites for hydroxylation is 1. The zero-order chi connectivity index (χ0) is 17.1. The van der Waals surface area contributed by atoms with E-state index in [9.17, 15) is 4.79 Å². The first-order valence-electron chi connectivity index (χ1n) is 8.05. The SMILES string of the molecule is Cc1c(C(=O)NC(CN(C)C)c2ccccc2)oc2ccccc12. The number of benzene rings is 2. The van der Waals surface area contributed by atoms with Crippen LogP contribution in [0.25, 0.3) is 11.0 Å². The molecule has 3 aromatic rings. The molecule has 0 fully saturated rings. The molecule has 0 saturated carbocycles. The molecule has 24 heavy (non-hydrogen) atoms. The number of fused-ring (bicyclic) bond motifs is 1. The van der Waals surface area contributed by atoms with E-state index < -0.39 is 0 Å². The van der Waals surface area contributed by atoms with Gasteiger partial charge in [-0.05, 0) is 32.6 Å². The second kappa shape index (κ2) is 6.89. The topological polar surface area (TPSA) is 45.5 Å². The van der Waals surface area contributed by atoms with E-state index in [1.54, 1.807) is 0 Å². The maximum atomic E-state index is 12.8. The molecular formula is C20H22N2O2. The average molecular weight is 322 g/mol. The largest absolute Gasteiger partial charge is 0.451 e. The Balaban J connectivity index is 1.88. The van der Waals surface area contributed by atoms with Crippen LogP contribution in [0.2, 0.25) is 0 Å². The number of rotatable bonds is 5. The van der Waals surface area contributed by atoms with Crippen molar-refractivity contribution in [1.82, 2.24) is 10.2 Å². The van der Waals surface area contributed by atoms with Crippen molar-refractivity contribution in [3.63, 3.8) is 0 Å². The molecule has 124 valence electrons. The minimum Gasteiger partial charge on any atom is -0.451 e. The highest BCUT2D eigenvalue weighted by Crippen LogP contribution is 2.25. The lowest BCUT2D eigenvalue weighted by Crippen LogP contribution is -2.35. The fraction of sp³-hybridized carbons (Fsp3) is 0.250. The summed E-state index contributed by atoms with van der Waals surface area (Å²) in [6.07, 6.45) is 0. The molecule has 0 radical (unpaired) electrons. The van der Waals surface area contributed by atoms with Crippen molar-refractivity contribution < 1.29 is 9.21 Å². The molecule has 2 aromatic carbocycles. The van der Waals surface area contributed by atoms with Gasteiger partial charge in [-0.2, -0.15) is 0 Å². The Morgan fingerprint density at radius 2 is 1.75 bits per heavy atom. The van der Waals surface area contributed by atoms with Gasteiger partial charge in [0.1, 0.15) is 5.58 Å². The summed E-state index contributed by atoms with van der Waals surface area (Å²) in [6.45, 7) is 2.64. The first-order valence-corrected chi connectivity index (χ1v) is 8.05. The van der Waals surface area contributed by atoms with Crippen LogP contribution in [-0.2, 0) is 0 Å². The standard InChI is InChI=1S/C20H22N2O2/c1-14-16-11-7-8-12-18(16)24-19(14)20(23)21-17(13-22(2)3)15-9-5-4-6-10-15/h4-12,17H,13H2,1-3H3,(H,21,23). The molecule has 1 atom stereocenters. The number of likely N-dealkylation sites (N-methyl/N-ethyl adjacent to an activating group) is 1. The lowest BCUT2D eigenvalue weighted by molar-refractivity contribution is 0.0903. The van der Waals surface area contributed by atoms with Gasteiger partial charge in [-0.15, -0.1) is 0 Å². The number of amides is 1. The third kappa shape index (κ3) is 3.34. The third-order valence-corrected chi connectivity index (χ3v) is 4.10. The van der Waals surface area contributed by atoms with Crippen LogP contribution in [0.4, 0.5) is 0 Å². The van der Waals surface area contributed by atoms with Crippen LogP contribution in [0, 0.1) is 6.92 Å². The number of nitrogens with zero attached hydrogens (tertiary/aromatic N) is 1. The van der Waals surface area contributed by atoms with Crippen molar-refractivity contribution in [2.24, 2.45) is 0 Å². The summed E-state index contributed by atoms with van der Waals surface area (Å²) in [7, 11) is 3.99. The molecule has 0 aliphatic heterocycles. The van der Waals surface area contributed by atoms with Gasteiger partial charge in [0.25, 0.3) is 5.91 Å². The molecule has 1 unspecified atom stereocenters. The first kappa shape index (κ1) is 16.3. The smallest absolute Gasteiger partial charge is 0.287 e. The number of carbonyl (C=O) groups excluding carboxylic acids is 1. The number of carbonyl (C=O) groups is 1. The molecule has 0 spiro atoms. The number of hydrogen-bond donors (Lipinski definition) is 1. The quantitative estimate of drug-likeness (QED) is 0.777. The summed E-state index contributed by atoms with van der Waals surface area (Å²) < 4.78 is 5.78. The molecule has 4 heteroatoms. The van der Waals surface area contributed by atoms with Crippen LogP contribution in [0.1, 0.15) is 27.7 Å². The Morgan fingerprint density at radius 3 is 2.42 bits per heavy atom. The molecule has 1 aromatic heterocycles. The number of para-hydroxylation sites is 1. The summed E-state index contributed by atoms with van der Waals surface area (Å²) in [4.78, 5) is 14.8. The van der Waals surface area contributed by atoms with E-state index >= 15 is 0 Å². The Hall–Kier alpha value is -2.59. The Labute approximate surface area is 142 Å². The third-order valence-electron chi connectivity index (χ3n) is 4.10. The molecule has 1 amide bonds. The molecule has 4 nitrogen and oxygen atoms in total. The van der Waals surface area contributed by atoms with E-state index in [4.69, 9.17) is 4.42 Å². The van der Waals surface area contributed by atoms with Crippen molar-refractivity contribution >= 4 is 16.9 Å². The highest BCUT2D eigenvalue weighted by Gasteiger charge is 2.21. The van der Waals surface area contributed by atoms with Gasteiger partial charge < -0.3 is 14.6 Å². The molecule has 0 bridgehead atoms. The van der Waals surface area contributed by atoms with Gasteiger partial charge in [-0.1, -0.05) is 48.5 Å². The maximum absolute atomic E-state index is 12.8. The Kier molecular flexibility index (Phi) is 4.67. The average Bonchev–Trinajstić information content (AvgIpc) is 2.92. The van der Waals surface area contributed by atoms with Crippen LogP contribution in [-0.4, -0.2) is 31.4 Å². The van der Waals surface area contributed by atoms with E-state index in [2.05, 4.69) is 10.2 Å². The summed E-state index contributed by atoms with van der Waals surface area (Å²) >= 11 is 0. The summed E-state index contributed by atoms with van der Waals surface area (Å²) in [6, 6.07) is 17.6. The van der Waals surface area contributed by atoms with Crippen molar-refractivity contribution in [2.45, 2.75) is 13.0 Å². The lowest BCUT2D eigenvalue weighted by atomic mass is 10.1. The monoisotopic (exact) mass is 322 g/mol. The van der Waals surface area contributed by atoms with Gasteiger partial charge in [-0.3, -0.25) is 4.79 Å².